The minimum atomic E-state index is -1.66. The van der Waals surface area contributed by atoms with Gasteiger partial charge in [0.05, 0.1) is 5.41 Å². The second kappa shape index (κ2) is 8.08. The van der Waals surface area contributed by atoms with Gasteiger partial charge in [-0.2, -0.15) is 0 Å². The number of rotatable bonds is 4. The molecule has 0 heterocycles. The summed E-state index contributed by atoms with van der Waals surface area (Å²) in [5, 5.41) is 0. The molecule has 0 spiro atoms. The van der Waals surface area contributed by atoms with E-state index in [0.717, 1.165) is 30.4 Å². The van der Waals surface area contributed by atoms with E-state index in [1.54, 1.807) is 0 Å². The van der Waals surface area contributed by atoms with Gasteiger partial charge in [0.15, 0.2) is 0 Å². The second-order valence-electron chi connectivity index (χ2n) is 6.36. The lowest BCUT2D eigenvalue weighted by Gasteiger charge is -2.36. The fourth-order valence-electron chi connectivity index (χ4n) is 3.72. The Labute approximate surface area is 168 Å². The molecule has 2 aromatic rings. The summed E-state index contributed by atoms with van der Waals surface area (Å²) in [5.41, 5.74) is 1.81. The number of carbonyl (C=O) groups excluding carboxylic acids is 1. The predicted molar refractivity (Wildman–Crippen MR) is 104 cm³/mol. The van der Waals surface area contributed by atoms with Crippen molar-refractivity contribution in [3.05, 3.63) is 71.8 Å². The van der Waals surface area contributed by atoms with E-state index in [1.807, 2.05) is 36.4 Å². The van der Waals surface area contributed by atoms with Crippen LogP contribution in [0, 0.1) is 0 Å². The van der Waals surface area contributed by atoms with Gasteiger partial charge >= 0.3 is 6.16 Å². The zero-order valence-corrected chi connectivity index (χ0v) is 16.3. The molecule has 0 aromatic heterocycles. The number of ether oxygens (including phenoxy) is 2. The van der Waals surface area contributed by atoms with Crippen LogP contribution in [0.5, 0.6) is 0 Å². The molecule has 1 atom stereocenters. The van der Waals surface area contributed by atoms with Crippen LogP contribution in [-0.2, 0) is 14.9 Å². The summed E-state index contributed by atoms with van der Waals surface area (Å²) in [6, 6.07) is 20.2. The molecule has 6 heteroatoms. The maximum atomic E-state index is 12.2. The molecule has 0 radical (unpaired) electrons. The highest BCUT2D eigenvalue weighted by Crippen LogP contribution is 2.48. The zero-order valence-electron chi connectivity index (χ0n) is 14.0. The van der Waals surface area contributed by atoms with E-state index in [4.69, 9.17) is 44.3 Å². The molecule has 26 heavy (non-hydrogen) atoms. The third kappa shape index (κ3) is 4.28. The average Bonchev–Trinajstić information content (AvgIpc) is 3.05. The molecule has 0 aliphatic heterocycles. The molecule has 3 rings (SSSR count). The van der Waals surface area contributed by atoms with Gasteiger partial charge in [-0.05, 0) is 30.4 Å². The predicted octanol–water partition coefficient (Wildman–Crippen LogP) is 6.05. The molecule has 1 aliphatic rings. The van der Waals surface area contributed by atoms with Crippen LogP contribution in [0.4, 0.5) is 4.79 Å². The van der Waals surface area contributed by atoms with Crippen molar-refractivity contribution in [3.63, 3.8) is 0 Å². The van der Waals surface area contributed by atoms with E-state index in [-0.39, 0.29) is 12.7 Å². The van der Waals surface area contributed by atoms with Crippen LogP contribution < -0.4 is 0 Å². The Hall–Kier alpha value is -1.42. The smallest absolute Gasteiger partial charge is 0.430 e. The normalized spacial score (nSPS) is 19.1. The van der Waals surface area contributed by atoms with Gasteiger partial charge in [-0.25, -0.2) is 4.79 Å². The molecule has 0 bridgehead atoms. The number of hydrogen-bond donors (Lipinski definition) is 0. The summed E-state index contributed by atoms with van der Waals surface area (Å²) < 4.78 is 9.01. The largest absolute Gasteiger partial charge is 0.508 e. The van der Waals surface area contributed by atoms with Gasteiger partial charge in [0.2, 0.25) is 3.79 Å². The fraction of sp³-hybridized carbons (Fsp3) is 0.350. The lowest BCUT2D eigenvalue weighted by atomic mass is 9.71. The van der Waals surface area contributed by atoms with Crippen molar-refractivity contribution in [2.24, 2.45) is 0 Å². The number of halogens is 3. The molecule has 1 fully saturated rings. The van der Waals surface area contributed by atoms with Crippen molar-refractivity contribution >= 4 is 41.0 Å². The molecular formula is C20H19Cl3O3. The summed E-state index contributed by atoms with van der Waals surface area (Å²) >= 11 is 16.9. The second-order valence-corrected chi connectivity index (χ2v) is 8.87. The molecular weight excluding hydrogens is 395 g/mol. The van der Waals surface area contributed by atoms with Crippen LogP contribution >= 0.6 is 34.8 Å². The van der Waals surface area contributed by atoms with Gasteiger partial charge in [0.25, 0.3) is 0 Å². The first kappa shape index (κ1) is 19.3. The van der Waals surface area contributed by atoms with Gasteiger partial charge in [-0.3, -0.25) is 0 Å². The van der Waals surface area contributed by atoms with E-state index in [9.17, 15) is 4.79 Å². The highest BCUT2D eigenvalue weighted by atomic mass is 35.6. The van der Waals surface area contributed by atoms with Crippen molar-refractivity contribution in [2.75, 3.05) is 6.61 Å². The Morgan fingerprint density at radius 3 is 2.04 bits per heavy atom. The molecule has 0 amide bonds. The summed E-state index contributed by atoms with van der Waals surface area (Å²) in [7, 11) is 0. The highest BCUT2D eigenvalue weighted by Gasteiger charge is 2.48. The molecule has 0 unspecified atom stereocenters. The molecule has 0 N–H and O–H groups in total. The van der Waals surface area contributed by atoms with Gasteiger partial charge in [-0.15, -0.1) is 0 Å². The average molecular weight is 414 g/mol. The Balaban J connectivity index is 1.90. The number of carbonyl (C=O) groups is 1. The first-order valence-corrected chi connectivity index (χ1v) is 9.56. The van der Waals surface area contributed by atoms with Crippen LogP contribution in [0.15, 0.2) is 60.7 Å². The lowest BCUT2D eigenvalue weighted by molar-refractivity contribution is 0.00970. The first-order chi connectivity index (χ1) is 12.4. The lowest BCUT2D eigenvalue weighted by Crippen LogP contribution is -2.39. The molecule has 0 saturated heterocycles. The molecule has 1 saturated carbocycles. The van der Waals surface area contributed by atoms with E-state index >= 15 is 0 Å². The van der Waals surface area contributed by atoms with E-state index in [0.29, 0.717) is 0 Å². The van der Waals surface area contributed by atoms with Gasteiger partial charge in [0, 0.05) is 0 Å². The summed E-state index contributed by atoms with van der Waals surface area (Å²) in [6.07, 6.45) is 1.39. The monoisotopic (exact) mass is 412 g/mol. The minimum absolute atomic E-state index is 0.352. The van der Waals surface area contributed by atoms with E-state index in [1.165, 1.54) is 0 Å². The van der Waals surface area contributed by atoms with Crippen LogP contribution in [0.25, 0.3) is 0 Å². The van der Waals surface area contributed by atoms with Crippen molar-refractivity contribution < 1.29 is 14.3 Å². The third-order valence-corrected chi connectivity index (χ3v) is 5.08. The van der Waals surface area contributed by atoms with Crippen molar-refractivity contribution in [3.8, 4) is 0 Å². The molecule has 3 nitrogen and oxygen atoms in total. The third-order valence-electron chi connectivity index (χ3n) is 4.76. The van der Waals surface area contributed by atoms with Crippen LogP contribution in [0.1, 0.15) is 30.4 Å². The van der Waals surface area contributed by atoms with E-state index < -0.39 is 15.4 Å². The number of hydrogen-bond acceptors (Lipinski definition) is 3. The Bertz CT molecular complexity index is 689. The minimum Gasteiger partial charge on any atom is -0.430 e. The maximum absolute atomic E-state index is 12.2. The Morgan fingerprint density at radius 1 is 1.00 bits per heavy atom. The molecule has 138 valence electrons. The first-order valence-electron chi connectivity index (χ1n) is 8.43. The van der Waals surface area contributed by atoms with Gasteiger partial charge in [0.1, 0.15) is 12.7 Å². The van der Waals surface area contributed by atoms with E-state index in [2.05, 4.69) is 24.3 Å². The molecule has 1 aliphatic carbocycles. The molecule has 2 aromatic carbocycles. The summed E-state index contributed by atoms with van der Waals surface area (Å²) in [4.78, 5) is 12.2. The van der Waals surface area contributed by atoms with Crippen LogP contribution in [0.2, 0.25) is 0 Å². The Morgan fingerprint density at radius 2 is 1.54 bits per heavy atom. The quantitative estimate of drug-likeness (QED) is 0.452. The Kier molecular flexibility index (Phi) is 6.01. The zero-order chi connectivity index (χ0) is 18.6. The number of alkyl halides is 3. The van der Waals surface area contributed by atoms with Crippen molar-refractivity contribution in [1.29, 1.82) is 0 Å². The van der Waals surface area contributed by atoms with Crippen molar-refractivity contribution in [2.45, 2.75) is 34.6 Å². The van der Waals surface area contributed by atoms with Gasteiger partial charge in [-0.1, -0.05) is 95.5 Å². The summed E-state index contributed by atoms with van der Waals surface area (Å²) in [5.74, 6) is 0. The maximum Gasteiger partial charge on any atom is 0.508 e. The van der Waals surface area contributed by atoms with Gasteiger partial charge < -0.3 is 9.47 Å². The van der Waals surface area contributed by atoms with Crippen LogP contribution in [-0.4, -0.2) is 22.7 Å². The van der Waals surface area contributed by atoms with Crippen molar-refractivity contribution in [1.82, 2.24) is 0 Å². The summed E-state index contributed by atoms with van der Waals surface area (Å²) in [6.45, 7) is -0.354. The van der Waals surface area contributed by atoms with Crippen LogP contribution in [0.3, 0.4) is 0 Å². The highest BCUT2D eigenvalue weighted by molar-refractivity contribution is 6.67. The standard InChI is InChI=1S/C20H19Cl3O3/c21-20(22,23)14-25-18(24)26-17-12-7-13-19(17,15-8-3-1-4-9-15)16-10-5-2-6-11-16/h1-6,8-11,17H,7,12-14H2/t17-/m1/s1. The SMILES string of the molecule is O=C(OCC(Cl)(Cl)Cl)O[C@@H]1CCCC1(c1ccccc1)c1ccccc1. The number of benzene rings is 2. The topological polar surface area (TPSA) is 35.5 Å². The fourth-order valence-corrected chi connectivity index (χ4v) is 3.89.